The molecule has 0 saturated carbocycles. The Morgan fingerprint density at radius 2 is 1.86 bits per heavy atom. The number of hydrogen-bond acceptors (Lipinski definition) is 5. The van der Waals surface area contributed by atoms with E-state index in [0.717, 1.165) is 12.8 Å². The Balaban J connectivity index is 2.56. The fourth-order valence-corrected chi connectivity index (χ4v) is 3.59. The van der Waals surface area contributed by atoms with Crippen LogP contribution in [0.5, 0.6) is 0 Å². The van der Waals surface area contributed by atoms with Crippen LogP contribution in [0.25, 0.3) is 0 Å². The molecule has 1 heterocycles. The standard InChI is InChI=1S/C15H26N2O4S/c1-10(2)6-7-11(3)16-15(18)9-22(19,20)8-14-12(4)17-21-13(14)5/h10-11H,6-9H2,1-5H3,(H,16,18). The summed E-state index contributed by atoms with van der Waals surface area (Å²) in [4.78, 5) is 11.9. The zero-order chi connectivity index (χ0) is 16.9. The van der Waals surface area contributed by atoms with Gasteiger partial charge in [-0.05, 0) is 39.5 Å². The van der Waals surface area contributed by atoms with Crippen molar-refractivity contribution in [3.63, 3.8) is 0 Å². The van der Waals surface area contributed by atoms with Crippen LogP contribution in [0.2, 0.25) is 0 Å². The monoisotopic (exact) mass is 330 g/mol. The van der Waals surface area contributed by atoms with Gasteiger partial charge >= 0.3 is 0 Å². The van der Waals surface area contributed by atoms with Crippen molar-refractivity contribution in [3.8, 4) is 0 Å². The Kier molecular flexibility index (Phi) is 6.59. The van der Waals surface area contributed by atoms with Gasteiger partial charge in [-0.2, -0.15) is 0 Å². The first-order chi connectivity index (χ1) is 10.1. The van der Waals surface area contributed by atoms with Gasteiger partial charge in [0.2, 0.25) is 5.91 Å². The van der Waals surface area contributed by atoms with Gasteiger partial charge in [-0.1, -0.05) is 19.0 Å². The highest BCUT2D eigenvalue weighted by atomic mass is 32.2. The van der Waals surface area contributed by atoms with E-state index in [1.54, 1.807) is 13.8 Å². The number of amides is 1. The highest BCUT2D eigenvalue weighted by Crippen LogP contribution is 2.16. The summed E-state index contributed by atoms with van der Waals surface area (Å²) in [6, 6.07) is -0.0239. The molecule has 7 heteroatoms. The van der Waals surface area contributed by atoms with Crippen molar-refractivity contribution in [3.05, 3.63) is 17.0 Å². The van der Waals surface area contributed by atoms with Crippen molar-refractivity contribution in [2.24, 2.45) is 5.92 Å². The van der Waals surface area contributed by atoms with E-state index in [1.807, 2.05) is 6.92 Å². The molecule has 0 saturated heterocycles. The average molecular weight is 330 g/mol. The molecule has 1 aromatic rings. The smallest absolute Gasteiger partial charge is 0.235 e. The summed E-state index contributed by atoms with van der Waals surface area (Å²) in [5, 5.41) is 6.47. The lowest BCUT2D eigenvalue weighted by Gasteiger charge is -2.15. The van der Waals surface area contributed by atoms with Crippen LogP contribution in [0.15, 0.2) is 4.52 Å². The van der Waals surface area contributed by atoms with Gasteiger partial charge < -0.3 is 9.84 Å². The molecule has 0 spiro atoms. The number of aromatic nitrogens is 1. The SMILES string of the molecule is Cc1noc(C)c1CS(=O)(=O)CC(=O)NC(C)CCC(C)C. The van der Waals surface area contributed by atoms with Gasteiger partial charge in [-0.15, -0.1) is 0 Å². The molecule has 1 N–H and O–H groups in total. The molecule has 0 fully saturated rings. The van der Waals surface area contributed by atoms with E-state index in [2.05, 4.69) is 24.3 Å². The first-order valence-electron chi connectivity index (χ1n) is 7.52. The van der Waals surface area contributed by atoms with Gasteiger partial charge in [-0.25, -0.2) is 8.42 Å². The predicted molar refractivity (Wildman–Crippen MR) is 85.1 cm³/mol. The molecule has 0 bridgehead atoms. The van der Waals surface area contributed by atoms with Crippen molar-refractivity contribution in [1.29, 1.82) is 0 Å². The topological polar surface area (TPSA) is 89.3 Å². The lowest BCUT2D eigenvalue weighted by molar-refractivity contribution is -0.119. The van der Waals surface area contributed by atoms with E-state index in [-0.39, 0.29) is 11.8 Å². The third-order valence-electron chi connectivity index (χ3n) is 3.48. The number of carbonyl (C=O) groups is 1. The summed E-state index contributed by atoms with van der Waals surface area (Å²) in [6.45, 7) is 9.47. The van der Waals surface area contributed by atoms with E-state index < -0.39 is 21.5 Å². The number of carbonyl (C=O) groups excluding carboxylic acids is 1. The lowest BCUT2D eigenvalue weighted by Crippen LogP contribution is -2.37. The molecular weight excluding hydrogens is 304 g/mol. The maximum Gasteiger partial charge on any atom is 0.235 e. The van der Waals surface area contributed by atoms with Crippen molar-refractivity contribution in [1.82, 2.24) is 10.5 Å². The molecule has 0 aliphatic heterocycles. The summed E-state index contributed by atoms with van der Waals surface area (Å²) in [5.41, 5.74) is 1.09. The second kappa shape index (κ2) is 7.76. The third kappa shape index (κ3) is 6.17. The van der Waals surface area contributed by atoms with Crippen molar-refractivity contribution < 1.29 is 17.7 Å². The first kappa shape index (κ1) is 18.7. The van der Waals surface area contributed by atoms with Crippen LogP contribution in [0.3, 0.4) is 0 Å². The van der Waals surface area contributed by atoms with E-state index in [1.165, 1.54) is 0 Å². The quantitative estimate of drug-likeness (QED) is 0.789. The number of rotatable bonds is 8. The Morgan fingerprint density at radius 1 is 1.23 bits per heavy atom. The van der Waals surface area contributed by atoms with Gasteiger partial charge in [0.15, 0.2) is 9.84 Å². The summed E-state index contributed by atoms with van der Waals surface area (Å²) >= 11 is 0. The Labute approximate surface area is 132 Å². The summed E-state index contributed by atoms with van der Waals surface area (Å²) < 4.78 is 29.2. The molecule has 0 aliphatic carbocycles. The predicted octanol–water partition coefficient (Wildman–Crippen LogP) is 2.15. The van der Waals surface area contributed by atoms with Crippen LogP contribution in [0.4, 0.5) is 0 Å². The average Bonchev–Trinajstić information content (AvgIpc) is 2.66. The van der Waals surface area contributed by atoms with Crippen molar-refractivity contribution in [2.45, 2.75) is 59.3 Å². The second-order valence-electron chi connectivity index (χ2n) is 6.27. The maximum atomic E-state index is 12.1. The maximum absolute atomic E-state index is 12.1. The second-order valence-corrected chi connectivity index (χ2v) is 8.34. The van der Waals surface area contributed by atoms with Crippen molar-refractivity contribution in [2.75, 3.05) is 5.75 Å². The molecule has 0 radical (unpaired) electrons. The molecule has 1 aromatic heterocycles. The molecule has 1 unspecified atom stereocenters. The molecule has 0 aliphatic rings. The molecule has 126 valence electrons. The molecule has 6 nitrogen and oxygen atoms in total. The van der Waals surface area contributed by atoms with Crippen LogP contribution in [-0.4, -0.2) is 31.3 Å². The molecular formula is C15H26N2O4S. The fourth-order valence-electron chi connectivity index (χ4n) is 2.15. The Hall–Kier alpha value is -1.37. The van der Waals surface area contributed by atoms with Gasteiger partial charge in [-0.3, -0.25) is 4.79 Å². The van der Waals surface area contributed by atoms with Crippen LogP contribution < -0.4 is 5.32 Å². The lowest BCUT2D eigenvalue weighted by atomic mass is 10.0. The number of aryl methyl sites for hydroxylation is 2. The molecule has 1 amide bonds. The minimum absolute atomic E-state index is 0.0239. The summed E-state index contributed by atoms with van der Waals surface area (Å²) in [5.74, 6) is -0.150. The van der Waals surface area contributed by atoms with Crippen molar-refractivity contribution >= 4 is 15.7 Å². The van der Waals surface area contributed by atoms with Crippen LogP contribution >= 0.6 is 0 Å². The fraction of sp³-hybridized carbons (Fsp3) is 0.733. The normalized spacial score (nSPS) is 13.4. The highest BCUT2D eigenvalue weighted by molar-refractivity contribution is 7.91. The zero-order valence-corrected chi connectivity index (χ0v) is 14.8. The van der Waals surface area contributed by atoms with Gasteiger partial charge in [0.05, 0.1) is 11.4 Å². The minimum atomic E-state index is -3.54. The number of nitrogens with zero attached hydrogens (tertiary/aromatic N) is 1. The molecule has 1 rings (SSSR count). The largest absolute Gasteiger partial charge is 0.361 e. The molecule has 1 atom stereocenters. The van der Waals surface area contributed by atoms with Gasteiger partial charge in [0.1, 0.15) is 11.5 Å². The Morgan fingerprint density at radius 3 is 2.36 bits per heavy atom. The van der Waals surface area contributed by atoms with E-state index in [0.29, 0.717) is 22.9 Å². The molecule has 22 heavy (non-hydrogen) atoms. The minimum Gasteiger partial charge on any atom is -0.361 e. The third-order valence-corrected chi connectivity index (χ3v) is 4.91. The van der Waals surface area contributed by atoms with Crippen LogP contribution in [-0.2, 0) is 20.4 Å². The van der Waals surface area contributed by atoms with E-state index in [9.17, 15) is 13.2 Å². The highest BCUT2D eigenvalue weighted by Gasteiger charge is 2.22. The zero-order valence-electron chi connectivity index (χ0n) is 14.0. The van der Waals surface area contributed by atoms with Crippen LogP contribution in [0, 0.1) is 19.8 Å². The number of nitrogens with one attached hydrogen (secondary N) is 1. The van der Waals surface area contributed by atoms with Gasteiger partial charge in [0, 0.05) is 11.6 Å². The van der Waals surface area contributed by atoms with E-state index >= 15 is 0 Å². The number of sulfone groups is 1. The summed E-state index contributed by atoms with van der Waals surface area (Å²) in [6.07, 6.45) is 1.83. The summed E-state index contributed by atoms with van der Waals surface area (Å²) in [7, 11) is -3.54. The van der Waals surface area contributed by atoms with E-state index in [4.69, 9.17) is 4.52 Å². The molecule has 0 aromatic carbocycles. The Bertz CT molecular complexity index is 586. The number of hydrogen-bond donors (Lipinski definition) is 1. The van der Waals surface area contributed by atoms with Gasteiger partial charge in [0.25, 0.3) is 0 Å². The first-order valence-corrected chi connectivity index (χ1v) is 9.34. The van der Waals surface area contributed by atoms with Crippen LogP contribution in [0.1, 0.15) is 50.6 Å².